The molecule has 0 amide bonds. The third-order valence-corrected chi connectivity index (χ3v) is 5.80. The van der Waals surface area contributed by atoms with E-state index in [0.29, 0.717) is 10.6 Å². The summed E-state index contributed by atoms with van der Waals surface area (Å²) in [5.41, 5.74) is 2.43. The predicted molar refractivity (Wildman–Crippen MR) is 98.3 cm³/mol. The molecule has 1 unspecified atom stereocenters. The van der Waals surface area contributed by atoms with Gasteiger partial charge in [-0.3, -0.25) is 0 Å². The van der Waals surface area contributed by atoms with E-state index in [1.54, 1.807) is 19.1 Å². The summed E-state index contributed by atoms with van der Waals surface area (Å²) in [6.45, 7) is 3.67. The lowest BCUT2D eigenvalue weighted by molar-refractivity contribution is 0.0309. The number of aliphatic hydroxyl groups excluding tert-OH is 1. The third kappa shape index (κ3) is 5.26. The molecular formula is C18H22ClNO4S. The lowest BCUT2D eigenvalue weighted by atomic mass is 10.1. The van der Waals surface area contributed by atoms with Crippen molar-refractivity contribution in [1.29, 1.82) is 0 Å². The minimum Gasteiger partial charge on any atom is -0.394 e. The van der Waals surface area contributed by atoms with E-state index in [1.807, 2.05) is 31.2 Å². The quantitative estimate of drug-likeness (QED) is 0.734. The average Bonchev–Trinajstić information content (AvgIpc) is 2.58. The van der Waals surface area contributed by atoms with Crippen molar-refractivity contribution in [1.82, 2.24) is 4.72 Å². The topological polar surface area (TPSA) is 75.6 Å². The minimum atomic E-state index is -3.73. The van der Waals surface area contributed by atoms with E-state index in [0.717, 1.165) is 11.1 Å². The Bertz CT molecular complexity index is 806. The van der Waals surface area contributed by atoms with Crippen molar-refractivity contribution in [3.63, 3.8) is 0 Å². The Labute approximate surface area is 153 Å². The van der Waals surface area contributed by atoms with Crippen molar-refractivity contribution in [2.24, 2.45) is 0 Å². The number of ether oxygens (including phenoxy) is 1. The van der Waals surface area contributed by atoms with E-state index >= 15 is 0 Å². The van der Waals surface area contributed by atoms with Gasteiger partial charge in [-0.25, -0.2) is 13.1 Å². The fraction of sp³-hybridized carbons (Fsp3) is 0.333. The van der Waals surface area contributed by atoms with E-state index in [4.69, 9.17) is 21.4 Å². The number of aryl methyl sites for hydroxylation is 1. The number of hydrogen-bond acceptors (Lipinski definition) is 4. The molecule has 0 spiro atoms. The molecule has 0 aromatic heterocycles. The van der Waals surface area contributed by atoms with Gasteiger partial charge in [-0.2, -0.15) is 0 Å². The van der Waals surface area contributed by atoms with E-state index in [-0.39, 0.29) is 24.7 Å². The van der Waals surface area contributed by atoms with Crippen LogP contribution in [0.3, 0.4) is 0 Å². The molecule has 1 atom stereocenters. The lowest BCUT2D eigenvalue weighted by Gasteiger charge is -2.19. The molecule has 2 rings (SSSR count). The highest BCUT2D eigenvalue weighted by atomic mass is 35.5. The summed E-state index contributed by atoms with van der Waals surface area (Å²) < 4.78 is 33.4. The lowest BCUT2D eigenvalue weighted by Crippen LogP contribution is -2.30. The zero-order valence-corrected chi connectivity index (χ0v) is 15.8. The van der Waals surface area contributed by atoms with E-state index in [2.05, 4.69) is 4.72 Å². The SMILES string of the molecule is Cc1ccc(C(CNS(=O)(=O)c2cccc(Cl)c2C)OCCO)cc1. The van der Waals surface area contributed by atoms with Gasteiger partial charge in [0.1, 0.15) is 0 Å². The van der Waals surface area contributed by atoms with Crippen LogP contribution in [0.2, 0.25) is 5.02 Å². The van der Waals surface area contributed by atoms with Gasteiger partial charge >= 0.3 is 0 Å². The van der Waals surface area contributed by atoms with Crippen LogP contribution in [0.5, 0.6) is 0 Å². The van der Waals surface area contributed by atoms with Crippen LogP contribution in [0.4, 0.5) is 0 Å². The van der Waals surface area contributed by atoms with E-state index in [1.165, 1.54) is 6.07 Å². The molecule has 0 saturated carbocycles. The van der Waals surface area contributed by atoms with Crippen LogP contribution in [-0.2, 0) is 14.8 Å². The number of nitrogens with one attached hydrogen (secondary N) is 1. The zero-order valence-electron chi connectivity index (χ0n) is 14.2. The summed E-state index contributed by atoms with van der Waals surface area (Å²) in [5.74, 6) is 0. The second-order valence-electron chi connectivity index (χ2n) is 5.71. The Morgan fingerprint density at radius 1 is 1.16 bits per heavy atom. The second kappa shape index (κ2) is 8.78. The summed E-state index contributed by atoms with van der Waals surface area (Å²) in [5, 5.41) is 9.40. The molecule has 2 aromatic rings. The maximum absolute atomic E-state index is 12.6. The number of hydrogen-bond donors (Lipinski definition) is 2. The van der Waals surface area contributed by atoms with Gasteiger partial charge in [-0.1, -0.05) is 47.5 Å². The summed E-state index contributed by atoms with van der Waals surface area (Å²) >= 11 is 6.02. The fourth-order valence-corrected chi connectivity index (χ4v) is 3.92. The van der Waals surface area contributed by atoms with Crippen LogP contribution in [-0.4, -0.2) is 33.3 Å². The number of aliphatic hydroxyl groups is 1. The van der Waals surface area contributed by atoms with Crippen molar-refractivity contribution in [2.75, 3.05) is 19.8 Å². The van der Waals surface area contributed by atoms with Crippen LogP contribution in [0.25, 0.3) is 0 Å². The van der Waals surface area contributed by atoms with Crippen molar-refractivity contribution in [3.8, 4) is 0 Å². The normalized spacial score (nSPS) is 13.0. The summed E-state index contributed by atoms with van der Waals surface area (Å²) in [4.78, 5) is 0.143. The van der Waals surface area contributed by atoms with Gasteiger partial charge in [0.25, 0.3) is 0 Å². The first kappa shape index (κ1) is 19.9. The Balaban J connectivity index is 2.18. The molecule has 0 heterocycles. The predicted octanol–water partition coefficient (Wildman–Crippen LogP) is 2.99. The molecule has 7 heteroatoms. The van der Waals surface area contributed by atoms with Crippen molar-refractivity contribution >= 4 is 21.6 Å². The first-order valence-electron chi connectivity index (χ1n) is 7.89. The molecule has 0 fully saturated rings. The van der Waals surface area contributed by atoms with Gasteiger partial charge in [-0.05, 0) is 37.1 Å². The molecule has 0 aliphatic rings. The molecule has 0 aliphatic carbocycles. The highest BCUT2D eigenvalue weighted by Crippen LogP contribution is 2.23. The average molecular weight is 384 g/mol. The number of sulfonamides is 1. The molecule has 2 N–H and O–H groups in total. The van der Waals surface area contributed by atoms with Gasteiger partial charge in [-0.15, -0.1) is 0 Å². The van der Waals surface area contributed by atoms with Crippen LogP contribution < -0.4 is 4.72 Å². The molecule has 5 nitrogen and oxygen atoms in total. The molecule has 0 bridgehead atoms. The Kier molecular flexibility index (Phi) is 6.98. The molecule has 0 saturated heterocycles. The van der Waals surface area contributed by atoms with Gasteiger partial charge in [0, 0.05) is 11.6 Å². The van der Waals surface area contributed by atoms with Crippen LogP contribution in [0.1, 0.15) is 22.8 Å². The van der Waals surface area contributed by atoms with Gasteiger partial charge in [0.05, 0.1) is 24.2 Å². The standard InChI is InChI=1S/C18H22ClNO4S/c1-13-6-8-15(9-7-13)17(24-11-10-21)12-20-25(22,23)18-5-3-4-16(19)14(18)2/h3-9,17,20-21H,10-12H2,1-2H3. The van der Waals surface area contributed by atoms with Crippen molar-refractivity contribution in [3.05, 3.63) is 64.2 Å². The van der Waals surface area contributed by atoms with E-state index in [9.17, 15) is 8.42 Å². The highest BCUT2D eigenvalue weighted by Gasteiger charge is 2.21. The zero-order chi connectivity index (χ0) is 18.4. The minimum absolute atomic E-state index is 0.0529. The van der Waals surface area contributed by atoms with Gasteiger partial charge in [0.15, 0.2) is 0 Å². The maximum Gasteiger partial charge on any atom is 0.240 e. The molecule has 25 heavy (non-hydrogen) atoms. The third-order valence-electron chi connectivity index (χ3n) is 3.83. The molecule has 136 valence electrons. The van der Waals surface area contributed by atoms with Crippen LogP contribution >= 0.6 is 11.6 Å². The van der Waals surface area contributed by atoms with Crippen molar-refractivity contribution < 1.29 is 18.3 Å². The Morgan fingerprint density at radius 3 is 2.48 bits per heavy atom. The summed E-state index contributed by atoms with van der Waals surface area (Å²) in [6, 6.07) is 12.4. The van der Waals surface area contributed by atoms with E-state index < -0.39 is 16.1 Å². The molecular weight excluding hydrogens is 362 g/mol. The molecule has 0 radical (unpaired) electrons. The van der Waals surface area contributed by atoms with Gasteiger partial charge < -0.3 is 9.84 Å². The second-order valence-corrected chi connectivity index (χ2v) is 7.85. The largest absolute Gasteiger partial charge is 0.394 e. The highest BCUT2D eigenvalue weighted by molar-refractivity contribution is 7.89. The molecule has 2 aromatic carbocycles. The van der Waals surface area contributed by atoms with Gasteiger partial charge in [0.2, 0.25) is 10.0 Å². The first-order valence-corrected chi connectivity index (χ1v) is 9.75. The van der Waals surface area contributed by atoms with Crippen molar-refractivity contribution in [2.45, 2.75) is 24.8 Å². The van der Waals surface area contributed by atoms with Crippen LogP contribution in [0, 0.1) is 13.8 Å². The monoisotopic (exact) mass is 383 g/mol. The fourth-order valence-electron chi connectivity index (χ4n) is 2.39. The summed E-state index contributed by atoms with van der Waals surface area (Å²) in [7, 11) is -3.73. The first-order chi connectivity index (χ1) is 11.8. The number of rotatable bonds is 8. The van der Waals surface area contributed by atoms with Crippen LogP contribution in [0.15, 0.2) is 47.4 Å². The number of benzene rings is 2. The smallest absolute Gasteiger partial charge is 0.240 e. The Morgan fingerprint density at radius 2 is 1.84 bits per heavy atom. The molecule has 0 aliphatic heterocycles. The maximum atomic E-state index is 12.6. The number of halogens is 1. The summed E-state index contributed by atoms with van der Waals surface area (Å²) in [6.07, 6.45) is -0.498. The Hall–Kier alpha value is -1.44.